The Labute approximate surface area is 157 Å². The van der Waals surface area contributed by atoms with Crippen molar-refractivity contribution >= 4 is 18.3 Å². The Morgan fingerprint density at radius 2 is 1.81 bits per heavy atom. The van der Waals surface area contributed by atoms with Gasteiger partial charge in [-0.25, -0.2) is 9.59 Å². The third-order valence-electron chi connectivity index (χ3n) is 3.60. The molecule has 0 saturated carbocycles. The SMILES string of the molecule is COC(=O)C(Cc1ccc(-c2ccc(C=O)o2)cc1)NC(=O)OC(C)(C)C. The highest BCUT2D eigenvalue weighted by atomic mass is 16.6. The quantitative estimate of drug-likeness (QED) is 0.616. The van der Waals surface area contributed by atoms with Gasteiger partial charge in [0.25, 0.3) is 0 Å². The maximum Gasteiger partial charge on any atom is 0.408 e. The Morgan fingerprint density at radius 3 is 2.33 bits per heavy atom. The number of ether oxygens (including phenoxy) is 2. The van der Waals surface area contributed by atoms with Gasteiger partial charge in [-0.3, -0.25) is 4.79 Å². The van der Waals surface area contributed by atoms with Crippen molar-refractivity contribution in [3.8, 4) is 11.3 Å². The van der Waals surface area contributed by atoms with E-state index in [9.17, 15) is 14.4 Å². The number of furan rings is 1. The van der Waals surface area contributed by atoms with Crippen molar-refractivity contribution in [2.45, 2.75) is 38.8 Å². The van der Waals surface area contributed by atoms with E-state index in [4.69, 9.17) is 13.9 Å². The average molecular weight is 373 g/mol. The summed E-state index contributed by atoms with van der Waals surface area (Å²) in [7, 11) is 1.26. The molecular formula is C20H23NO6. The first kappa shape index (κ1) is 20.2. The molecule has 2 rings (SSSR count). The average Bonchev–Trinajstić information content (AvgIpc) is 3.08. The monoisotopic (exact) mass is 373 g/mol. The first-order valence-corrected chi connectivity index (χ1v) is 8.43. The number of carbonyl (C=O) groups is 3. The lowest BCUT2D eigenvalue weighted by Gasteiger charge is -2.22. The van der Waals surface area contributed by atoms with E-state index in [2.05, 4.69) is 5.32 Å². The highest BCUT2D eigenvalue weighted by molar-refractivity contribution is 5.81. The Hall–Kier alpha value is -3.09. The molecule has 0 aliphatic rings. The van der Waals surface area contributed by atoms with Crippen LogP contribution in [0.4, 0.5) is 4.79 Å². The molecule has 144 valence electrons. The molecule has 0 bridgehead atoms. The summed E-state index contributed by atoms with van der Waals surface area (Å²) >= 11 is 0. The highest BCUT2D eigenvalue weighted by Crippen LogP contribution is 2.22. The van der Waals surface area contributed by atoms with Crippen molar-refractivity contribution < 1.29 is 28.3 Å². The van der Waals surface area contributed by atoms with E-state index in [1.165, 1.54) is 7.11 Å². The fourth-order valence-corrected chi connectivity index (χ4v) is 2.40. The summed E-state index contributed by atoms with van der Waals surface area (Å²) in [6.07, 6.45) is 0.192. The fourth-order valence-electron chi connectivity index (χ4n) is 2.40. The smallest absolute Gasteiger partial charge is 0.408 e. The molecule has 1 aromatic heterocycles. The van der Waals surface area contributed by atoms with Crippen LogP contribution in [0, 0.1) is 0 Å². The third-order valence-corrected chi connectivity index (χ3v) is 3.60. The van der Waals surface area contributed by atoms with E-state index in [1.807, 2.05) is 24.3 Å². The van der Waals surface area contributed by atoms with Gasteiger partial charge in [-0.2, -0.15) is 0 Å². The Kier molecular flexibility index (Phi) is 6.39. The zero-order valence-electron chi connectivity index (χ0n) is 15.8. The summed E-state index contributed by atoms with van der Waals surface area (Å²) in [5.41, 5.74) is 0.935. The minimum atomic E-state index is -0.874. The van der Waals surface area contributed by atoms with E-state index in [0.29, 0.717) is 12.0 Å². The Bertz CT molecular complexity index is 801. The normalized spacial score (nSPS) is 12.1. The van der Waals surface area contributed by atoms with Crippen molar-refractivity contribution in [1.82, 2.24) is 5.32 Å². The minimum Gasteiger partial charge on any atom is -0.467 e. The number of carbonyl (C=O) groups excluding carboxylic acids is 3. The number of amides is 1. The van der Waals surface area contributed by atoms with Gasteiger partial charge in [-0.1, -0.05) is 24.3 Å². The molecular weight excluding hydrogens is 350 g/mol. The number of methoxy groups -OCH3 is 1. The lowest BCUT2D eigenvalue weighted by atomic mass is 10.0. The summed E-state index contributed by atoms with van der Waals surface area (Å²) in [4.78, 5) is 34.7. The van der Waals surface area contributed by atoms with Gasteiger partial charge in [-0.05, 0) is 38.5 Å². The number of rotatable bonds is 6. The minimum absolute atomic E-state index is 0.240. The second-order valence-corrected chi connectivity index (χ2v) is 6.94. The number of benzene rings is 1. The van der Waals surface area contributed by atoms with E-state index in [-0.39, 0.29) is 12.2 Å². The van der Waals surface area contributed by atoms with Gasteiger partial charge in [0.15, 0.2) is 12.0 Å². The molecule has 0 saturated heterocycles. The summed E-state index contributed by atoms with van der Waals surface area (Å²) in [5, 5.41) is 2.54. The second-order valence-electron chi connectivity index (χ2n) is 6.94. The van der Waals surface area contributed by atoms with Crippen LogP contribution in [0.15, 0.2) is 40.8 Å². The summed E-state index contributed by atoms with van der Waals surface area (Å²) < 4.78 is 15.3. The van der Waals surface area contributed by atoms with Crippen LogP contribution in [-0.2, 0) is 20.7 Å². The van der Waals surface area contributed by atoms with Gasteiger partial charge in [0.05, 0.1) is 7.11 Å². The summed E-state index contributed by atoms with van der Waals surface area (Å²) in [6.45, 7) is 5.22. The first-order valence-electron chi connectivity index (χ1n) is 8.43. The van der Waals surface area contributed by atoms with Crippen molar-refractivity contribution in [1.29, 1.82) is 0 Å². The Balaban J connectivity index is 2.09. The van der Waals surface area contributed by atoms with Crippen LogP contribution in [0.2, 0.25) is 0 Å². The molecule has 1 heterocycles. The number of aldehydes is 1. The van der Waals surface area contributed by atoms with Gasteiger partial charge in [-0.15, -0.1) is 0 Å². The number of alkyl carbamates (subject to hydrolysis) is 1. The van der Waals surface area contributed by atoms with Crippen molar-refractivity contribution in [3.05, 3.63) is 47.7 Å². The van der Waals surface area contributed by atoms with Gasteiger partial charge in [0.2, 0.25) is 0 Å². The predicted molar refractivity (Wildman–Crippen MR) is 98.4 cm³/mol. The first-order chi connectivity index (χ1) is 12.7. The predicted octanol–water partition coefficient (Wildman–Crippen LogP) is 3.37. The standard InChI is InChI=1S/C20H23NO6/c1-20(2,3)27-19(24)21-16(18(23)25-4)11-13-5-7-14(8-6-13)17-10-9-15(12-22)26-17/h5-10,12,16H,11H2,1-4H3,(H,21,24). The molecule has 0 aliphatic heterocycles. The van der Waals surface area contributed by atoms with Crippen LogP contribution in [-0.4, -0.2) is 37.1 Å². The van der Waals surface area contributed by atoms with E-state index < -0.39 is 23.7 Å². The maximum atomic E-state index is 12.0. The number of hydrogen-bond acceptors (Lipinski definition) is 6. The van der Waals surface area contributed by atoms with Crippen molar-refractivity contribution in [2.24, 2.45) is 0 Å². The lowest BCUT2D eigenvalue weighted by molar-refractivity contribution is -0.143. The molecule has 2 aromatic rings. The molecule has 0 spiro atoms. The zero-order valence-corrected chi connectivity index (χ0v) is 15.8. The van der Waals surface area contributed by atoms with Crippen molar-refractivity contribution in [2.75, 3.05) is 7.11 Å². The number of hydrogen-bond donors (Lipinski definition) is 1. The Morgan fingerprint density at radius 1 is 1.15 bits per heavy atom. The van der Waals surface area contributed by atoms with Gasteiger partial charge in [0, 0.05) is 12.0 Å². The topological polar surface area (TPSA) is 94.8 Å². The van der Waals surface area contributed by atoms with Crippen LogP contribution in [0.3, 0.4) is 0 Å². The van der Waals surface area contributed by atoms with Crippen molar-refractivity contribution in [3.63, 3.8) is 0 Å². The molecule has 7 heteroatoms. The largest absolute Gasteiger partial charge is 0.467 e. The molecule has 1 N–H and O–H groups in total. The van der Waals surface area contributed by atoms with Gasteiger partial charge >= 0.3 is 12.1 Å². The highest BCUT2D eigenvalue weighted by Gasteiger charge is 2.25. The summed E-state index contributed by atoms with van der Waals surface area (Å²) in [5.74, 6) is 0.257. The molecule has 0 fully saturated rings. The maximum absolute atomic E-state index is 12.0. The van der Waals surface area contributed by atoms with Crippen LogP contribution in [0.5, 0.6) is 0 Å². The zero-order chi connectivity index (χ0) is 20.0. The van der Waals surface area contributed by atoms with E-state index in [1.54, 1.807) is 32.9 Å². The molecule has 7 nitrogen and oxygen atoms in total. The lowest BCUT2D eigenvalue weighted by Crippen LogP contribution is -2.45. The molecule has 1 amide bonds. The second kappa shape index (κ2) is 8.53. The number of nitrogens with one attached hydrogen (secondary N) is 1. The van der Waals surface area contributed by atoms with Gasteiger partial charge in [0.1, 0.15) is 17.4 Å². The number of esters is 1. The van der Waals surface area contributed by atoms with E-state index >= 15 is 0 Å². The molecule has 27 heavy (non-hydrogen) atoms. The fraction of sp³-hybridized carbons (Fsp3) is 0.350. The third kappa shape index (κ3) is 5.99. The molecule has 1 aromatic carbocycles. The van der Waals surface area contributed by atoms with Gasteiger partial charge < -0.3 is 19.2 Å². The molecule has 1 atom stereocenters. The molecule has 1 unspecified atom stereocenters. The van der Waals surface area contributed by atoms with Crippen LogP contribution in [0.1, 0.15) is 36.9 Å². The van der Waals surface area contributed by atoms with E-state index in [0.717, 1.165) is 11.1 Å². The van der Waals surface area contributed by atoms with Crippen LogP contribution in [0.25, 0.3) is 11.3 Å². The van der Waals surface area contributed by atoms with Crippen LogP contribution >= 0.6 is 0 Å². The molecule has 0 aliphatic carbocycles. The summed E-state index contributed by atoms with van der Waals surface area (Å²) in [6, 6.07) is 9.67. The molecule has 0 radical (unpaired) electrons. The van der Waals surface area contributed by atoms with Crippen LogP contribution < -0.4 is 5.32 Å².